The Morgan fingerprint density at radius 1 is 1.10 bits per heavy atom. The number of phenols is 1. The fourth-order valence-corrected chi connectivity index (χ4v) is 3.49. The molecule has 0 atom stereocenters. The van der Waals surface area contributed by atoms with E-state index in [1.54, 1.807) is 39.4 Å². The van der Waals surface area contributed by atoms with Crippen LogP contribution in [0.2, 0.25) is 0 Å². The molecular formula is C25H29NO5. The number of aryl methyl sites for hydroxylation is 1. The molecule has 1 aliphatic heterocycles. The normalized spacial score (nSPS) is 14.6. The average molecular weight is 424 g/mol. The van der Waals surface area contributed by atoms with Gasteiger partial charge >= 0.3 is 0 Å². The summed E-state index contributed by atoms with van der Waals surface area (Å²) in [7, 11) is 3.30. The maximum absolute atomic E-state index is 13.0. The van der Waals surface area contributed by atoms with Gasteiger partial charge in [0.15, 0.2) is 5.76 Å². The molecule has 0 saturated carbocycles. The lowest BCUT2D eigenvalue weighted by Gasteiger charge is -2.23. The molecule has 1 aliphatic rings. The molecule has 3 rings (SSSR count). The number of aromatic hydroxyl groups is 1. The van der Waals surface area contributed by atoms with Crippen molar-refractivity contribution in [2.75, 3.05) is 40.5 Å². The van der Waals surface area contributed by atoms with Crippen LogP contribution in [0.4, 0.5) is 0 Å². The molecule has 2 aromatic rings. The number of carbonyl (C=O) groups is 1. The Labute approximate surface area is 183 Å². The topological polar surface area (TPSA) is 68.2 Å². The maximum atomic E-state index is 13.0. The number of fused-ring (bicyclic) bond motifs is 1. The van der Waals surface area contributed by atoms with E-state index in [0.29, 0.717) is 55.3 Å². The van der Waals surface area contributed by atoms with Gasteiger partial charge in [0.25, 0.3) is 0 Å². The van der Waals surface area contributed by atoms with Crippen molar-refractivity contribution in [2.24, 2.45) is 0 Å². The number of hydrogen-bond donors (Lipinski definition) is 1. The zero-order chi connectivity index (χ0) is 22.2. The van der Waals surface area contributed by atoms with Crippen LogP contribution in [0.25, 0.3) is 6.08 Å². The first-order valence-electron chi connectivity index (χ1n) is 10.3. The van der Waals surface area contributed by atoms with Crippen LogP contribution in [0.3, 0.4) is 0 Å². The summed E-state index contributed by atoms with van der Waals surface area (Å²) in [6.07, 6.45) is 5.38. The molecule has 6 nitrogen and oxygen atoms in total. The minimum absolute atomic E-state index is 0.116. The predicted octanol–water partition coefficient (Wildman–Crippen LogP) is 3.97. The fraction of sp³-hybridized carbons (Fsp3) is 0.320. The minimum atomic E-state index is -0.174. The molecular weight excluding hydrogens is 394 g/mol. The van der Waals surface area contributed by atoms with Crippen molar-refractivity contribution in [1.29, 1.82) is 0 Å². The van der Waals surface area contributed by atoms with E-state index in [-0.39, 0.29) is 17.3 Å². The molecule has 0 saturated heterocycles. The number of benzene rings is 2. The highest BCUT2D eigenvalue weighted by atomic mass is 16.5. The van der Waals surface area contributed by atoms with Gasteiger partial charge in [0.2, 0.25) is 5.78 Å². The molecule has 2 aromatic carbocycles. The highest BCUT2D eigenvalue weighted by molar-refractivity contribution is 6.13. The average Bonchev–Trinajstić information content (AvgIpc) is 3.10. The highest BCUT2D eigenvalue weighted by Crippen LogP contribution is 2.41. The van der Waals surface area contributed by atoms with Crippen molar-refractivity contribution >= 4 is 11.9 Å². The van der Waals surface area contributed by atoms with Crippen LogP contribution in [-0.2, 0) is 16.0 Å². The third kappa shape index (κ3) is 5.61. The molecule has 1 N–H and O–H groups in total. The summed E-state index contributed by atoms with van der Waals surface area (Å²) in [4.78, 5) is 15.1. The highest BCUT2D eigenvalue weighted by Gasteiger charge is 2.33. The molecule has 6 heteroatoms. The molecule has 0 unspecified atom stereocenters. The van der Waals surface area contributed by atoms with E-state index in [2.05, 4.69) is 4.90 Å². The fourth-order valence-electron chi connectivity index (χ4n) is 3.49. The van der Waals surface area contributed by atoms with Gasteiger partial charge in [0.1, 0.15) is 11.5 Å². The summed E-state index contributed by atoms with van der Waals surface area (Å²) in [5, 5.41) is 10.6. The first-order chi connectivity index (χ1) is 15.0. The van der Waals surface area contributed by atoms with E-state index in [1.807, 2.05) is 36.4 Å². The third-order valence-corrected chi connectivity index (χ3v) is 5.16. The van der Waals surface area contributed by atoms with Crippen molar-refractivity contribution in [3.05, 3.63) is 76.6 Å². The Balaban J connectivity index is 1.87. The number of allylic oxidation sites excluding steroid dienone is 3. The Bertz CT molecular complexity index is 958. The summed E-state index contributed by atoms with van der Waals surface area (Å²) in [5.74, 6) is 0.621. The number of methoxy groups -OCH3 is 2. The predicted molar refractivity (Wildman–Crippen MR) is 120 cm³/mol. The molecule has 0 aromatic heterocycles. The Hall–Kier alpha value is -2.93. The van der Waals surface area contributed by atoms with Crippen molar-refractivity contribution in [3.8, 4) is 11.5 Å². The van der Waals surface area contributed by atoms with Crippen molar-refractivity contribution in [2.45, 2.75) is 13.5 Å². The summed E-state index contributed by atoms with van der Waals surface area (Å²) in [5.41, 5.74) is 2.82. The van der Waals surface area contributed by atoms with Crippen LogP contribution in [0, 0.1) is 6.92 Å². The lowest BCUT2D eigenvalue weighted by molar-refractivity contribution is 0.101. The van der Waals surface area contributed by atoms with E-state index >= 15 is 0 Å². The van der Waals surface area contributed by atoms with Crippen molar-refractivity contribution < 1.29 is 24.1 Å². The Morgan fingerprint density at radius 3 is 2.42 bits per heavy atom. The second-order valence-corrected chi connectivity index (χ2v) is 7.39. The minimum Gasteiger partial charge on any atom is -0.507 e. The molecule has 0 aliphatic carbocycles. The molecule has 0 bridgehead atoms. The van der Waals surface area contributed by atoms with E-state index in [9.17, 15) is 9.90 Å². The van der Waals surface area contributed by atoms with Gasteiger partial charge in [-0.2, -0.15) is 0 Å². The van der Waals surface area contributed by atoms with Crippen LogP contribution in [0.15, 0.2) is 54.3 Å². The van der Waals surface area contributed by atoms with Gasteiger partial charge in [-0.1, -0.05) is 42.5 Å². The monoisotopic (exact) mass is 423 g/mol. The standard InChI is InChI=1S/C25H29NO5/c1-18-16-21(27)20(17-26(12-14-29-2)13-15-30-3)25-23(18)24(28)22(31-25)11-7-10-19-8-5-4-6-9-19/h4-11,16,27H,12-15,17H2,1-3H3/b10-7+,22-11-. The lowest BCUT2D eigenvalue weighted by atomic mass is 9.99. The zero-order valence-corrected chi connectivity index (χ0v) is 18.3. The third-order valence-electron chi connectivity index (χ3n) is 5.16. The molecule has 0 fully saturated rings. The number of ketones is 1. The number of Topliss-reactive ketones (excluding diaryl/α,β-unsaturated/α-hetero) is 1. The van der Waals surface area contributed by atoms with Gasteiger partial charge in [-0.15, -0.1) is 0 Å². The summed E-state index contributed by atoms with van der Waals surface area (Å²) >= 11 is 0. The second-order valence-electron chi connectivity index (χ2n) is 7.39. The lowest BCUT2D eigenvalue weighted by Crippen LogP contribution is -2.30. The maximum Gasteiger partial charge on any atom is 0.232 e. The second kappa shape index (κ2) is 10.9. The summed E-state index contributed by atoms with van der Waals surface area (Å²) in [6, 6.07) is 11.5. The van der Waals surface area contributed by atoms with Gasteiger partial charge in [-0.05, 0) is 30.2 Å². The Morgan fingerprint density at radius 2 is 1.77 bits per heavy atom. The number of hydrogen-bond acceptors (Lipinski definition) is 6. The van der Waals surface area contributed by atoms with Crippen LogP contribution < -0.4 is 4.74 Å². The van der Waals surface area contributed by atoms with Crippen LogP contribution in [0.1, 0.15) is 27.0 Å². The summed E-state index contributed by atoms with van der Waals surface area (Å²) < 4.78 is 16.4. The largest absolute Gasteiger partial charge is 0.507 e. The van der Waals surface area contributed by atoms with Gasteiger partial charge < -0.3 is 19.3 Å². The van der Waals surface area contributed by atoms with Crippen LogP contribution >= 0.6 is 0 Å². The SMILES string of the molecule is COCCN(CCOC)Cc1c(O)cc(C)c2c1O/C(=C\C=C\c1ccccc1)C2=O. The molecule has 1 heterocycles. The molecule has 164 valence electrons. The first kappa shape index (κ1) is 22.7. The number of phenolic OH excluding ortho intramolecular Hbond substituents is 1. The van der Waals surface area contributed by atoms with Gasteiger partial charge in [-0.25, -0.2) is 0 Å². The van der Waals surface area contributed by atoms with Gasteiger partial charge in [-0.3, -0.25) is 9.69 Å². The molecule has 0 amide bonds. The number of nitrogens with zero attached hydrogens (tertiary/aromatic N) is 1. The molecule has 0 spiro atoms. The number of rotatable bonds is 10. The van der Waals surface area contributed by atoms with Crippen LogP contribution in [0.5, 0.6) is 11.5 Å². The van der Waals surface area contributed by atoms with Crippen molar-refractivity contribution in [3.63, 3.8) is 0 Å². The van der Waals surface area contributed by atoms with E-state index in [0.717, 1.165) is 5.56 Å². The van der Waals surface area contributed by atoms with E-state index < -0.39 is 0 Å². The molecule has 0 radical (unpaired) electrons. The quantitative estimate of drug-likeness (QED) is 0.584. The van der Waals surface area contributed by atoms with E-state index in [1.165, 1.54) is 0 Å². The number of carbonyl (C=O) groups excluding carboxylic acids is 1. The van der Waals surface area contributed by atoms with Crippen molar-refractivity contribution in [1.82, 2.24) is 4.90 Å². The van der Waals surface area contributed by atoms with Crippen LogP contribution in [-0.4, -0.2) is 56.3 Å². The zero-order valence-electron chi connectivity index (χ0n) is 18.3. The van der Waals surface area contributed by atoms with Gasteiger partial charge in [0, 0.05) is 33.9 Å². The smallest absolute Gasteiger partial charge is 0.232 e. The number of ether oxygens (including phenoxy) is 3. The Kier molecular flexibility index (Phi) is 8.00. The van der Waals surface area contributed by atoms with Gasteiger partial charge in [0.05, 0.1) is 24.3 Å². The van der Waals surface area contributed by atoms with E-state index in [4.69, 9.17) is 14.2 Å². The summed E-state index contributed by atoms with van der Waals surface area (Å²) in [6.45, 7) is 4.65. The first-order valence-corrected chi connectivity index (χ1v) is 10.3. The molecule has 31 heavy (non-hydrogen) atoms.